The number of phenolic OH excluding ortho intramolecular Hbond substituents is 1. The fraction of sp³-hybridized carbons (Fsp3) is 0.231. The second-order valence-electron chi connectivity index (χ2n) is 7.78. The molecule has 0 aromatic heterocycles. The van der Waals surface area contributed by atoms with Gasteiger partial charge in [-0.3, -0.25) is 14.5 Å². The minimum absolute atomic E-state index is 0.0681. The molecule has 2 amide bonds. The predicted octanol–water partition coefficient (Wildman–Crippen LogP) is 3.68. The highest BCUT2D eigenvalue weighted by molar-refractivity contribution is 6.13. The van der Waals surface area contributed by atoms with Crippen LogP contribution in [0.4, 0.5) is 11.4 Å². The van der Waals surface area contributed by atoms with Gasteiger partial charge in [-0.05, 0) is 62.6 Å². The molecule has 0 aliphatic carbocycles. The zero-order chi connectivity index (χ0) is 24.7. The van der Waals surface area contributed by atoms with E-state index < -0.39 is 0 Å². The number of amides is 2. The van der Waals surface area contributed by atoms with Crippen molar-refractivity contribution >= 4 is 23.2 Å². The average molecular weight is 464 g/mol. The lowest BCUT2D eigenvalue weighted by Gasteiger charge is -2.27. The Kier molecular flexibility index (Phi) is 8.10. The van der Waals surface area contributed by atoms with E-state index in [1.54, 1.807) is 48.5 Å². The molecule has 8 nitrogen and oxygen atoms in total. The molecule has 0 atom stereocenters. The fourth-order valence-corrected chi connectivity index (χ4v) is 3.48. The Morgan fingerprint density at radius 2 is 1.59 bits per heavy atom. The van der Waals surface area contributed by atoms with E-state index in [4.69, 9.17) is 9.47 Å². The van der Waals surface area contributed by atoms with Gasteiger partial charge in [0.05, 0.1) is 19.9 Å². The van der Waals surface area contributed by atoms with Gasteiger partial charge in [0.25, 0.3) is 11.8 Å². The highest BCUT2D eigenvalue weighted by Gasteiger charge is 2.28. The topological polar surface area (TPSA) is 91.3 Å². The predicted molar refractivity (Wildman–Crippen MR) is 131 cm³/mol. The molecule has 0 spiro atoms. The summed E-state index contributed by atoms with van der Waals surface area (Å²) in [6, 6.07) is 18.3. The fourth-order valence-electron chi connectivity index (χ4n) is 3.48. The molecule has 0 unspecified atom stereocenters. The molecule has 0 saturated heterocycles. The maximum absolute atomic E-state index is 13.7. The summed E-state index contributed by atoms with van der Waals surface area (Å²) in [6.07, 6.45) is 0. The number of carbonyl (C=O) groups is 2. The molecule has 0 aliphatic rings. The minimum Gasteiger partial charge on any atom is -0.508 e. The van der Waals surface area contributed by atoms with Crippen molar-refractivity contribution in [2.75, 3.05) is 46.3 Å². The third-order valence-corrected chi connectivity index (χ3v) is 5.17. The molecule has 2 N–H and O–H groups in total. The number of phenols is 1. The third kappa shape index (κ3) is 5.47. The summed E-state index contributed by atoms with van der Waals surface area (Å²) >= 11 is 0. The van der Waals surface area contributed by atoms with Gasteiger partial charge in [0.1, 0.15) is 17.1 Å². The minimum atomic E-state index is -0.379. The number of benzene rings is 3. The van der Waals surface area contributed by atoms with Crippen molar-refractivity contribution in [1.29, 1.82) is 0 Å². The van der Waals surface area contributed by atoms with Crippen LogP contribution in [0.2, 0.25) is 0 Å². The van der Waals surface area contributed by atoms with Gasteiger partial charge in [-0.15, -0.1) is 0 Å². The summed E-state index contributed by atoms with van der Waals surface area (Å²) < 4.78 is 11.1. The SMILES string of the molecule is COc1ccc(N(C(=O)c2ccccc2)c2ccc(O)cc2)c(OC)c1C(=O)NCCN(C)C. The van der Waals surface area contributed by atoms with Gasteiger partial charge < -0.3 is 24.8 Å². The van der Waals surface area contributed by atoms with Crippen molar-refractivity contribution in [2.24, 2.45) is 0 Å². The molecule has 3 rings (SSSR count). The largest absolute Gasteiger partial charge is 0.508 e. The number of aromatic hydroxyl groups is 1. The number of anilines is 2. The van der Waals surface area contributed by atoms with Crippen LogP contribution in [0.15, 0.2) is 66.7 Å². The van der Waals surface area contributed by atoms with Crippen LogP contribution in [0.25, 0.3) is 0 Å². The van der Waals surface area contributed by atoms with E-state index in [2.05, 4.69) is 5.32 Å². The Morgan fingerprint density at radius 1 is 0.912 bits per heavy atom. The molecule has 3 aromatic carbocycles. The van der Waals surface area contributed by atoms with Gasteiger partial charge >= 0.3 is 0 Å². The zero-order valence-electron chi connectivity index (χ0n) is 19.7. The van der Waals surface area contributed by atoms with Crippen molar-refractivity contribution < 1.29 is 24.2 Å². The number of hydrogen-bond donors (Lipinski definition) is 2. The van der Waals surface area contributed by atoms with E-state index in [0.29, 0.717) is 35.8 Å². The Morgan fingerprint density at radius 3 is 2.18 bits per heavy atom. The quantitative estimate of drug-likeness (QED) is 0.503. The maximum Gasteiger partial charge on any atom is 0.262 e. The Balaban J connectivity index is 2.16. The van der Waals surface area contributed by atoms with E-state index in [-0.39, 0.29) is 28.9 Å². The molecule has 0 bridgehead atoms. The van der Waals surface area contributed by atoms with Crippen molar-refractivity contribution in [3.8, 4) is 17.2 Å². The van der Waals surface area contributed by atoms with Crippen LogP contribution in [0.1, 0.15) is 20.7 Å². The number of nitrogens with zero attached hydrogens (tertiary/aromatic N) is 2. The lowest BCUT2D eigenvalue weighted by Crippen LogP contribution is -2.32. The van der Waals surface area contributed by atoms with Gasteiger partial charge in [-0.25, -0.2) is 0 Å². The summed E-state index contributed by atoms with van der Waals surface area (Å²) in [5, 5.41) is 12.6. The number of likely N-dealkylation sites (N-methyl/N-ethyl adjacent to an activating group) is 1. The monoisotopic (exact) mass is 463 g/mol. The first-order valence-electron chi connectivity index (χ1n) is 10.7. The normalized spacial score (nSPS) is 10.6. The Bertz CT molecular complexity index is 1130. The lowest BCUT2D eigenvalue weighted by molar-refractivity contribution is 0.0942. The summed E-state index contributed by atoms with van der Waals surface area (Å²) in [5.74, 6) is -0.123. The van der Waals surface area contributed by atoms with Crippen LogP contribution < -0.4 is 19.7 Å². The van der Waals surface area contributed by atoms with Crippen molar-refractivity contribution in [1.82, 2.24) is 10.2 Å². The van der Waals surface area contributed by atoms with Crippen molar-refractivity contribution in [3.05, 3.63) is 77.9 Å². The number of ether oxygens (including phenoxy) is 2. The number of methoxy groups -OCH3 is 2. The number of nitrogens with one attached hydrogen (secondary N) is 1. The molecule has 0 aliphatic heterocycles. The third-order valence-electron chi connectivity index (χ3n) is 5.17. The smallest absolute Gasteiger partial charge is 0.262 e. The van der Waals surface area contributed by atoms with E-state index in [9.17, 15) is 14.7 Å². The van der Waals surface area contributed by atoms with Gasteiger partial charge in [0, 0.05) is 24.3 Å². The number of rotatable bonds is 9. The van der Waals surface area contributed by atoms with Gasteiger partial charge in [-0.2, -0.15) is 0 Å². The molecule has 8 heteroatoms. The molecular formula is C26H29N3O5. The maximum atomic E-state index is 13.7. The summed E-state index contributed by atoms with van der Waals surface area (Å²) in [7, 11) is 6.74. The molecule has 3 aromatic rings. The Labute approximate surface area is 199 Å². The molecule has 0 radical (unpaired) electrons. The van der Waals surface area contributed by atoms with Gasteiger partial charge in [0.2, 0.25) is 0 Å². The van der Waals surface area contributed by atoms with Crippen LogP contribution >= 0.6 is 0 Å². The molecule has 0 heterocycles. The second kappa shape index (κ2) is 11.2. The van der Waals surface area contributed by atoms with E-state index >= 15 is 0 Å². The summed E-state index contributed by atoms with van der Waals surface area (Å²) in [6.45, 7) is 1.08. The highest BCUT2D eigenvalue weighted by atomic mass is 16.5. The van der Waals surface area contributed by atoms with Crippen molar-refractivity contribution in [3.63, 3.8) is 0 Å². The molecule has 0 saturated carbocycles. The van der Waals surface area contributed by atoms with Crippen molar-refractivity contribution in [2.45, 2.75) is 0 Å². The molecule has 0 fully saturated rings. The second-order valence-corrected chi connectivity index (χ2v) is 7.78. The zero-order valence-corrected chi connectivity index (χ0v) is 19.7. The summed E-state index contributed by atoms with van der Waals surface area (Å²) in [5.41, 5.74) is 1.49. The summed E-state index contributed by atoms with van der Waals surface area (Å²) in [4.78, 5) is 30.2. The van der Waals surface area contributed by atoms with Gasteiger partial charge in [-0.1, -0.05) is 18.2 Å². The lowest BCUT2D eigenvalue weighted by atomic mass is 10.1. The number of hydrogen-bond acceptors (Lipinski definition) is 6. The van der Waals surface area contributed by atoms with Crippen LogP contribution in [0.5, 0.6) is 17.2 Å². The average Bonchev–Trinajstić information content (AvgIpc) is 2.85. The van der Waals surface area contributed by atoms with E-state index in [0.717, 1.165) is 0 Å². The van der Waals surface area contributed by atoms with Crippen LogP contribution in [0, 0.1) is 0 Å². The first-order valence-corrected chi connectivity index (χ1v) is 10.7. The van der Waals surface area contributed by atoms with Gasteiger partial charge in [0.15, 0.2) is 5.75 Å². The molecular weight excluding hydrogens is 434 g/mol. The standard InChI is InChI=1S/C26H29N3O5/c1-28(2)17-16-27-25(31)23-22(33-3)15-14-21(24(23)34-4)29(19-10-12-20(30)13-11-19)26(32)18-8-6-5-7-9-18/h5-15,30H,16-17H2,1-4H3,(H,27,31). The molecule has 34 heavy (non-hydrogen) atoms. The first-order chi connectivity index (χ1) is 16.4. The number of carbonyl (C=O) groups excluding carboxylic acids is 2. The van der Waals surface area contributed by atoms with Crippen LogP contribution in [-0.4, -0.2) is 63.2 Å². The van der Waals surface area contributed by atoms with E-state index in [1.807, 2.05) is 25.1 Å². The van der Waals surface area contributed by atoms with E-state index in [1.165, 1.54) is 31.3 Å². The van der Waals surface area contributed by atoms with Crippen LogP contribution in [-0.2, 0) is 0 Å². The Hall–Kier alpha value is -4.04. The molecule has 178 valence electrons. The first kappa shape index (κ1) is 24.6. The van der Waals surface area contributed by atoms with Crippen LogP contribution in [0.3, 0.4) is 0 Å². The highest BCUT2D eigenvalue weighted by Crippen LogP contribution is 2.41.